The zero-order valence-corrected chi connectivity index (χ0v) is 15.3. The summed E-state index contributed by atoms with van der Waals surface area (Å²) in [5.41, 5.74) is 0.847. The van der Waals surface area contributed by atoms with Crippen molar-refractivity contribution >= 4 is 33.6 Å². The number of hydrogen-bond donors (Lipinski definition) is 0. The molecule has 0 spiro atoms. The lowest BCUT2D eigenvalue weighted by Crippen LogP contribution is -2.27. The van der Waals surface area contributed by atoms with Gasteiger partial charge in [0.15, 0.2) is 0 Å². The number of rotatable bonds is 7. The SMILES string of the molecule is CN(Cc1ccc(OC(F)F)cc1)C(=O)CSc1cccc(Br)c1. The number of carbonyl (C=O) groups is 1. The van der Waals surface area contributed by atoms with Crippen LogP contribution < -0.4 is 4.74 Å². The lowest BCUT2D eigenvalue weighted by atomic mass is 10.2. The Bertz CT molecular complexity index is 683. The third kappa shape index (κ3) is 6.13. The summed E-state index contributed by atoms with van der Waals surface area (Å²) in [6.07, 6.45) is 0. The summed E-state index contributed by atoms with van der Waals surface area (Å²) in [6, 6.07) is 14.0. The molecule has 0 aliphatic heterocycles. The average molecular weight is 416 g/mol. The Hall–Kier alpha value is -1.60. The quantitative estimate of drug-likeness (QED) is 0.608. The van der Waals surface area contributed by atoms with Crippen LogP contribution in [-0.4, -0.2) is 30.2 Å². The van der Waals surface area contributed by atoms with E-state index in [2.05, 4.69) is 20.7 Å². The molecule has 2 aromatic rings. The molecule has 0 radical (unpaired) electrons. The maximum Gasteiger partial charge on any atom is 0.387 e. The van der Waals surface area contributed by atoms with Gasteiger partial charge >= 0.3 is 6.61 Å². The fraction of sp³-hybridized carbons (Fsp3) is 0.235. The molecule has 0 unspecified atom stereocenters. The van der Waals surface area contributed by atoms with E-state index in [1.54, 1.807) is 24.1 Å². The summed E-state index contributed by atoms with van der Waals surface area (Å²) < 4.78 is 29.5. The summed E-state index contributed by atoms with van der Waals surface area (Å²) in [4.78, 5) is 14.8. The first kappa shape index (κ1) is 18.7. The van der Waals surface area contributed by atoms with Crippen molar-refractivity contribution in [2.45, 2.75) is 18.1 Å². The number of thioether (sulfide) groups is 1. The third-order valence-electron chi connectivity index (χ3n) is 3.15. The number of carbonyl (C=O) groups excluding carboxylic acids is 1. The van der Waals surface area contributed by atoms with E-state index < -0.39 is 6.61 Å². The molecule has 0 bridgehead atoms. The highest BCUT2D eigenvalue weighted by Gasteiger charge is 2.11. The Morgan fingerprint density at radius 2 is 1.96 bits per heavy atom. The monoisotopic (exact) mass is 415 g/mol. The number of alkyl halides is 2. The lowest BCUT2D eigenvalue weighted by molar-refractivity contribution is -0.127. The molecular weight excluding hydrogens is 400 g/mol. The largest absolute Gasteiger partial charge is 0.435 e. The van der Waals surface area contributed by atoms with Gasteiger partial charge in [-0.15, -0.1) is 11.8 Å². The van der Waals surface area contributed by atoms with E-state index in [-0.39, 0.29) is 11.7 Å². The van der Waals surface area contributed by atoms with Crippen LogP contribution in [0.3, 0.4) is 0 Å². The van der Waals surface area contributed by atoms with Crippen LogP contribution in [0.1, 0.15) is 5.56 Å². The van der Waals surface area contributed by atoms with Gasteiger partial charge in [0.2, 0.25) is 5.91 Å². The number of nitrogens with zero attached hydrogens (tertiary/aromatic N) is 1. The summed E-state index contributed by atoms with van der Waals surface area (Å²) >= 11 is 4.86. The van der Waals surface area contributed by atoms with Gasteiger partial charge in [-0.05, 0) is 35.9 Å². The molecule has 0 aromatic heterocycles. The summed E-state index contributed by atoms with van der Waals surface area (Å²) in [5.74, 6) is 0.431. The van der Waals surface area contributed by atoms with Crippen LogP contribution in [0.5, 0.6) is 5.75 Å². The zero-order chi connectivity index (χ0) is 17.5. The molecule has 2 aromatic carbocycles. The Morgan fingerprint density at radius 3 is 2.58 bits per heavy atom. The molecule has 128 valence electrons. The molecule has 2 rings (SSSR count). The Morgan fingerprint density at radius 1 is 1.25 bits per heavy atom. The van der Waals surface area contributed by atoms with Crippen LogP contribution in [0.15, 0.2) is 57.9 Å². The smallest absolute Gasteiger partial charge is 0.387 e. The molecule has 7 heteroatoms. The van der Waals surface area contributed by atoms with Crippen LogP contribution in [0.4, 0.5) is 8.78 Å². The first-order chi connectivity index (χ1) is 11.4. The summed E-state index contributed by atoms with van der Waals surface area (Å²) in [7, 11) is 1.72. The molecule has 1 amide bonds. The first-order valence-corrected chi connectivity index (χ1v) is 8.88. The van der Waals surface area contributed by atoms with Crippen molar-refractivity contribution in [2.24, 2.45) is 0 Å². The standard InChI is InChI=1S/C17H16BrF2NO2S/c1-21(10-12-5-7-14(8-6-12)23-17(19)20)16(22)11-24-15-4-2-3-13(18)9-15/h2-9,17H,10-11H2,1H3. The maximum absolute atomic E-state index is 12.2. The minimum atomic E-state index is -2.84. The minimum absolute atomic E-state index is 0.00659. The van der Waals surface area contributed by atoms with Gasteiger partial charge < -0.3 is 9.64 Å². The normalized spacial score (nSPS) is 10.7. The van der Waals surface area contributed by atoms with E-state index in [9.17, 15) is 13.6 Å². The molecule has 0 aliphatic rings. The first-order valence-electron chi connectivity index (χ1n) is 7.10. The average Bonchev–Trinajstić information content (AvgIpc) is 2.54. The highest BCUT2D eigenvalue weighted by atomic mass is 79.9. The zero-order valence-electron chi connectivity index (χ0n) is 12.9. The van der Waals surface area contributed by atoms with Crippen LogP contribution in [0, 0.1) is 0 Å². The second-order valence-electron chi connectivity index (χ2n) is 5.02. The van der Waals surface area contributed by atoms with Gasteiger partial charge in [-0.2, -0.15) is 8.78 Å². The molecule has 0 fully saturated rings. The molecule has 0 heterocycles. The molecule has 3 nitrogen and oxygen atoms in total. The second kappa shape index (κ2) is 9.03. The highest BCUT2D eigenvalue weighted by Crippen LogP contribution is 2.22. The summed E-state index contributed by atoms with van der Waals surface area (Å²) in [5, 5.41) is 0. The van der Waals surface area contributed by atoms with Crippen molar-refractivity contribution in [2.75, 3.05) is 12.8 Å². The van der Waals surface area contributed by atoms with E-state index in [1.807, 2.05) is 24.3 Å². The van der Waals surface area contributed by atoms with E-state index in [1.165, 1.54) is 23.9 Å². The Balaban J connectivity index is 1.84. The predicted octanol–water partition coefficient (Wildman–Crippen LogP) is 4.80. The molecule has 0 N–H and O–H groups in total. The van der Waals surface area contributed by atoms with Crippen LogP contribution in [-0.2, 0) is 11.3 Å². The van der Waals surface area contributed by atoms with Gasteiger partial charge in [-0.1, -0.05) is 34.1 Å². The van der Waals surface area contributed by atoms with Crippen LogP contribution >= 0.6 is 27.7 Å². The van der Waals surface area contributed by atoms with Crippen LogP contribution in [0.25, 0.3) is 0 Å². The van der Waals surface area contributed by atoms with Gasteiger partial charge in [0.1, 0.15) is 5.75 Å². The third-order valence-corrected chi connectivity index (χ3v) is 4.62. The summed E-state index contributed by atoms with van der Waals surface area (Å²) in [6.45, 7) is -2.43. The lowest BCUT2D eigenvalue weighted by Gasteiger charge is -2.17. The van der Waals surface area contributed by atoms with Crippen molar-refractivity contribution in [3.8, 4) is 5.75 Å². The van der Waals surface area contributed by atoms with E-state index >= 15 is 0 Å². The molecular formula is C17H16BrF2NO2S. The number of benzene rings is 2. The van der Waals surface area contributed by atoms with Gasteiger partial charge in [0.05, 0.1) is 5.75 Å². The maximum atomic E-state index is 12.2. The second-order valence-corrected chi connectivity index (χ2v) is 6.98. The molecule has 24 heavy (non-hydrogen) atoms. The highest BCUT2D eigenvalue weighted by molar-refractivity contribution is 9.10. The number of amides is 1. The molecule has 0 atom stereocenters. The fourth-order valence-electron chi connectivity index (χ4n) is 1.95. The van der Waals surface area contributed by atoms with Crippen molar-refractivity contribution in [1.29, 1.82) is 0 Å². The van der Waals surface area contributed by atoms with E-state index in [0.29, 0.717) is 12.3 Å². The van der Waals surface area contributed by atoms with Gasteiger partial charge in [0, 0.05) is 23.0 Å². The van der Waals surface area contributed by atoms with Crippen molar-refractivity contribution in [1.82, 2.24) is 4.90 Å². The Kier molecular flexibility index (Phi) is 7.05. The Labute approximate surface area is 152 Å². The fourth-order valence-corrected chi connectivity index (χ4v) is 3.40. The van der Waals surface area contributed by atoms with Gasteiger partial charge in [-0.3, -0.25) is 4.79 Å². The number of ether oxygens (including phenoxy) is 1. The van der Waals surface area contributed by atoms with Crippen molar-refractivity contribution in [3.63, 3.8) is 0 Å². The van der Waals surface area contributed by atoms with E-state index in [0.717, 1.165) is 14.9 Å². The minimum Gasteiger partial charge on any atom is -0.435 e. The topological polar surface area (TPSA) is 29.5 Å². The van der Waals surface area contributed by atoms with Gasteiger partial charge in [0.25, 0.3) is 0 Å². The molecule has 0 saturated heterocycles. The van der Waals surface area contributed by atoms with Crippen molar-refractivity contribution < 1.29 is 18.3 Å². The number of hydrogen-bond acceptors (Lipinski definition) is 3. The van der Waals surface area contributed by atoms with E-state index in [4.69, 9.17) is 0 Å². The molecule has 0 aliphatic carbocycles. The van der Waals surface area contributed by atoms with Gasteiger partial charge in [-0.25, -0.2) is 0 Å². The van der Waals surface area contributed by atoms with Crippen LogP contribution in [0.2, 0.25) is 0 Å². The molecule has 0 saturated carbocycles. The number of halogens is 3. The van der Waals surface area contributed by atoms with Crippen molar-refractivity contribution in [3.05, 3.63) is 58.6 Å². The predicted molar refractivity (Wildman–Crippen MR) is 94.4 cm³/mol.